The number of carboxylic acid groups (broad SMARTS) is 1. The number of aryl methyl sites for hydroxylation is 1. The van der Waals surface area contributed by atoms with Crippen LogP contribution in [0.5, 0.6) is 0 Å². The van der Waals surface area contributed by atoms with Gasteiger partial charge in [0.1, 0.15) is 17.5 Å². The van der Waals surface area contributed by atoms with Crippen molar-refractivity contribution in [2.75, 3.05) is 11.4 Å². The first-order chi connectivity index (χ1) is 9.41. The standard InChI is InChI=1S/C13H15FN2O4/c1-8-6-11(12(16(19)20)7-9(8)14)15-5-3-2-4-10(15)13(17)18/h6-7,10H,2-5H2,1H3,(H,17,18). The van der Waals surface area contributed by atoms with Crippen molar-refractivity contribution in [2.24, 2.45) is 0 Å². The molecule has 20 heavy (non-hydrogen) atoms. The minimum Gasteiger partial charge on any atom is -0.480 e. The number of carbonyl (C=O) groups is 1. The highest BCUT2D eigenvalue weighted by molar-refractivity contribution is 5.80. The molecule has 0 saturated carbocycles. The Balaban J connectivity index is 2.51. The minimum absolute atomic E-state index is 0.181. The molecule has 1 aliphatic heterocycles. The van der Waals surface area contributed by atoms with Gasteiger partial charge in [-0.15, -0.1) is 0 Å². The van der Waals surface area contributed by atoms with Crippen LogP contribution in [-0.4, -0.2) is 28.6 Å². The van der Waals surface area contributed by atoms with Gasteiger partial charge in [0.15, 0.2) is 0 Å². The second-order valence-corrected chi connectivity index (χ2v) is 4.89. The van der Waals surface area contributed by atoms with Crippen LogP contribution in [0.3, 0.4) is 0 Å². The molecule has 1 unspecified atom stereocenters. The predicted molar refractivity (Wildman–Crippen MR) is 70.4 cm³/mol. The van der Waals surface area contributed by atoms with Crippen LogP contribution in [0.25, 0.3) is 0 Å². The molecule has 0 amide bonds. The first kappa shape index (κ1) is 14.2. The van der Waals surface area contributed by atoms with Crippen molar-refractivity contribution in [3.63, 3.8) is 0 Å². The van der Waals surface area contributed by atoms with Crippen LogP contribution in [0, 0.1) is 22.9 Å². The molecule has 108 valence electrons. The molecule has 0 radical (unpaired) electrons. The summed E-state index contributed by atoms with van der Waals surface area (Å²) >= 11 is 0. The second-order valence-electron chi connectivity index (χ2n) is 4.89. The number of benzene rings is 1. The molecule has 0 aliphatic carbocycles. The number of anilines is 1. The molecule has 1 N–H and O–H groups in total. The number of nitrogens with zero attached hydrogens (tertiary/aromatic N) is 2. The molecule has 1 aromatic carbocycles. The highest BCUT2D eigenvalue weighted by Crippen LogP contribution is 2.34. The lowest BCUT2D eigenvalue weighted by Gasteiger charge is -2.34. The van der Waals surface area contributed by atoms with Gasteiger partial charge in [-0.3, -0.25) is 10.1 Å². The Kier molecular flexibility index (Phi) is 3.87. The van der Waals surface area contributed by atoms with E-state index in [0.29, 0.717) is 13.0 Å². The maximum atomic E-state index is 13.5. The maximum absolute atomic E-state index is 13.5. The van der Waals surface area contributed by atoms with Crippen molar-refractivity contribution in [3.8, 4) is 0 Å². The lowest BCUT2D eigenvalue weighted by Crippen LogP contribution is -2.45. The Morgan fingerprint density at radius 1 is 1.50 bits per heavy atom. The third-order valence-corrected chi connectivity index (χ3v) is 3.55. The number of aliphatic carboxylic acids is 1. The van der Waals surface area contributed by atoms with Gasteiger partial charge in [0, 0.05) is 6.54 Å². The van der Waals surface area contributed by atoms with Crippen LogP contribution >= 0.6 is 0 Å². The predicted octanol–water partition coefficient (Wildman–Crippen LogP) is 2.49. The van der Waals surface area contributed by atoms with E-state index in [4.69, 9.17) is 0 Å². The van der Waals surface area contributed by atoms with Crippen molar-refractivity contribution in [1.82, 2.24) is 0 Å². The fourth-order valence-corrected chi connectivity index (χ4v) is 2.51. The van der Waals surface area contributed by atoms with E-state index >= 15 is 0 Å². The molecule has 1 saturated heterocycles. The summed E-state index contributed by atoms with van der Waals surface area (Å²) in [6, 6.07) is 1.42. The van der Waals surface area contributed by atoms with E-state index in [-0.39, 0.29) is 16.9 Å². The summed E-state index contributed by atoms with van der Waals surface area (Å²) in [6.45, 7) is 1.92. The number of rotatable bonds is 3. The quantitative estimate of drug-likeness (QED) is 0.680. The van der Waals surface area contributed by atoms with Gasteiger partial charge < -0.3 is 10.0 Å². The zero-order chi connectivity index (χ0) is 14.9. The fourth-order valence-electron chi connectivity index (χ4n) is 2.51. The van der Waals surface area contributed by atoms with Crippen molar-refractivity contribution >= 4 is 17.3 Å². The second kappa shape index (κ2) is 5.44. The zero-order valence-electron chi connectivity index (χ0n) is 11.0. The SMILES string of the molecule is Cc1cc(N2CCCCC2C(=O)O)c([N+](=O)[O-])cc1F. The van der Waals surface area contributed by atoms with Crippen molar-refractivity contribution in [1.29, 1.82) is 0 Å². The molecule has 1 aromatic rings. The summed E-state index contributed by atoms with van der Waals surface area (Å²) in [6.07, 6.45) is 1.96. The van der Waals surface area contributed by atoms with E-state index in [9.17, 15) is 24.4 Å². The molecule has 7 heteroatoms. The number of nitro groups is 1. The van der Waals surface area contributed by atoms with E-state index in [2.05, 4.69) is 0 Å². The molecule has 1 heterocycles. The molecule has 6 nitrogen and oxygen atoms in total. The van der Waals surface area contributed by atoms with Gasteiger partial charge in [0.05, 0.1) is 11.0 Å². The summed E-state index contributed by atoms with van der Waals surface area (Å²) in [5.74, 6) is -1.68. The monoisotopic (exact) mass is 282 g/mol. The average Bonchev–Trinajstić information content (AvgIpc) is 2.41. The lowest BCUT2D eigenvalue weighted by molar-refractivity contribution is -0.384. The van der Waals surface area contributed by atoms with Crippen molar-refractivity contribution < 1.29 is 19.2 Å². The van der Waals surface area contributed by atoms with Gasteiger partial charge in [0.2, 0.25) is 0 Å². The van der Waals surface area contributed by atoms with Gasteiger partial charge in [0.25, 0.3) is 5.69 Å². The molecular formula is C13H15FN2O4. The largest absolute Gasteiger partial charge is 0.480 e. The Hall–Kier alpha value is -2.18. The number of piperidine rings is 1. The van der Waals surface area contributed by atoms with Crippen LogP contribution in [0.4, 0.5) is 15.8 Å². The molecule has 2 rings (SSSR count). The number of carboxylic acids is 1. The topological polar surface area (TPSA) is 83.7 Å². The van der Waals surface area contributed by atoms with Gasteiger partial charge in [-0.2, -0.15) is 0 Å². The normalized spacial score (nSPS) is 18.9. The van der Waals surface area contributed by atoms with Crippen LogP contribution in [0.2, 0.25) is 0 Å². The van der Waals surface area contributed by atoms with E-state index in [0.717, 1.165) is 18.9 Å². The highest BCUT2D eigenvalue weighted by atomic mass is 19.1. The molecule has 0 aromatic heterocycles. The zero-order valence-corrected chi connectivity index (χ0v) is 11.0. The van der Waals surface area contributed by atoms with Gasteiger partial charge in [-0.25, -0.2) is 9.18 Å². The lowest BCUT2D eigenvalue weighted by atomic mass is 10.00. The summed E-state index contributed by atoms with van der Waals surface area (Å²) in [7, 11) is 0. The molecule has 0 spiro atoms. The van der Waals surface area contributed by atoms with E-state index < -0.39 is 22.8 Å². The average molecular weight is 282 g/mol. The van der Waals surface area contributed by atoms with Gasteiger partial charge in [-0.1, -0.05) is 0 Å². The molecule has 1 atom stereocenters. The Morgan fingerprint density at radius 3 is 2.80 bits per heavy atom. The van der Waals surface area contributed by atoms with E-state index in [1.54, 1.807) is 0 Å². The van der Waals surface area contributed by atoms with Gasteiger partial charge in [-0.05, 0) is 37.8 Å². The minimum atomic E-state index is -1.01. The van der Waals surface area contributed by atoms with E-state index in [1.165, 1.54) is 17.9 Å². The first-order valence-corrected chi connectivity index (χ1v) is 6.36. The third-order valence-electron chi connectivity index (χ3n) is 3.55. The number of hydrogen-bond donors (Lipinski definition) is 1. The molecular weight excluding hydrogens is 267 g/mol. The third kappa shape index (κ3) is 2.56. The Morgan fingerprint density at radius 2 is 2.20 bits per heavy atom. The summed E-state index contributed by atoms with van der Waals surface area (Å²) < 4.78 is 13.5. The van der Waals surface area contributed by atoms with Crippen molar-refractivity contribution in [2.45, 2.75) is 32.2 Å². The summed E-state index contributed by atoms with van der Waals surface area (Å²) in [5, 5.41) is 20.3. The number of nitro benzene ring substituents is 1. The smallest absolute Gasteiger partial charge is 0.326 e. The van der Waals surface area contributed by atoms with Crippen molar-refractivity contribution in [3.05, 3.63) is 33.6 Å². The molecule has 0 bridgehead atoms. The van der Waals surface area contributed by atoms with E-state index in [1.807, 2.05) is 0 Å². The van der Waals surface area contributed by atoms with Gasteiger partial charge >= 0.3 is 5.97 Å². The maximum Gasteiger partial charge on any atom is 0.326 e. The van der Waals surface area contributed by atoms with Crippen LogP contribution in [-0.2, 0) is 4.79 Å². The fraction of sp³-hybridized carbons (Fsp3) is 0.462. The number of hydrogen-bond acceptors (Lipinski definition) is 4. The van der Waals surface area contributed by atoms with Crippen LogP contribution < -0.4 is 4.90 Å². The summed E-state index contributed by atoms with van der Waals surface area (Å²) in [4.78, 5) is 23.2. The molecule has 1 fully saturated rings. The van der Waals surface area contributed by atoms with Crippen LogP contribution in [0.1, 0.15) is 24.8 Å². The first-order valence-electron chi connectivity index (χ1n) is 6.36. The number of halogens is 1. The highest BCUT2D eigenvalue weighted by Gasteiger charge is 2.33. The Labute approximate surface area is 115 Å². The molecule has 1 aliphatic rings. The van der Waals surface area contributed by atoms with Crippen LogP contribution in [0.15, 0.2) is 12.1 Å². The Bertz CT molecular complexity index is 562. The summed E-state index contributed by atoms with van der Waals surface area (Å²) in [5.41, 5.74) is 0.0579.